The fourth-order valence-corrected chi connectivity index (χ4v) is 3.26. The van der Waals surface area contributed by atoms with Crippen molar-refractivity contribution in [3.63, 3.8) is 0 Å². The van der Waals surface area contributed by atoms with Crippen LogP contribution in [0.15, 0.2) is 48.7 Å². The zero-order chi connectivity index (χ0) is 14.7. The molecule has 0 bridgehead atoms. The number of pyridine rings is 1. The molecule has 1 fully saturated rings. The molecule has 0 aliphatic carbocycles. The zero-order valence-electron chi connectivity index (χ0n) is 12.6. The second-order valence-corrected chi connectivity index (χ2v) is 6.01. The number of hydrogen-bond acceptors (Lipinski definition) is 3. The van der Waals surface area contributed by atoms with Crippen LogP contribution in [-0.2, 0) is 6.54 Å². The van der Waals surface area contributed by atoms with Gasteiger partial charge in [-0.3, -0.25) is 9.88 Å². The van der Waals surface area contributed by atoms with Crippen LogP contribution in [0, 0.1) is 12.8 Å². The van der Waals surface area contributed by atoms with Crippen LogP contribution in [0.2, 0.25) is 0 Å². The van der Waals surface area contributed by atoms with E-state index in [9.17, 15) is 0 Å². The highest BCUT2D eigenvalue weighted by molar-refractivity contribution is 5.23. The van der Waals surface area contributed by atoms with Crippen LogP contribution in [0.25, 0.3) is 0 Å². The summed E-state index contributed by atoms with van der Waals surface area (Å²) < 4.78 is 0. The Morgan fingerprint density at radius 3 is 2.62 bits per heavy atom. The molecule has 21 heavy (non-hydrogen) atoms. The van der Waals surface area contributed by atoms with Gasteiger partial charge in [-0.2, -0.15) is 0 Å². The second-order valence-electron chi connectivity index (χ2n) is 6.01. The Labute approximate surface area is 126 Å². The van der Waals surface area contributed by atoms with Crippen molar-refractivity contribution >= 4 is 0 Å². The Kier molecular flexibility index (Phi) is 4.32. The summed E-state index contributed by atoms with van der Waals surface area (Å²) in [5.74, 6) is 1.10. The minimum atomic E-state index is 0.547. The first-order valence-corrected chi connectivity index (χ1v) is 7.65. The van der Waals surface area contributed by atoms with E-state index in [0.29, 0.717) is 11.8 Å². The summed E-state index contributed by atoms with van der Waals surface area (Å²) in [6.45, 7) is 5.90. The molecule has 1 saturated heterocycles. The Morgan fingerprint density at radius 1 is 1.14 bits per heavy atom. The molecule has 2 atom stereocenters. The van der Waals surface area contributed by atoms with Crippen LogP contribution >= 0.6 is 0 Å². The molecule has 1 aromatic carbocycles. The van der Waals surface area contributed by atoms with Gasteiger partial charge in [-0.15, -0.1) is 0 Å². The van der Waals surface area contributed by atoms with Gasteiger partial charge in [0.25, 0.3) is 0 Å². The van der Waals surface area contributed by atoms with Crippen molar-refractivity contribution in [2.45, 2.75) is 19.4 Å². The van der Waals surface area contributed by atoms with Crippen molar-refractivity contribution in [3.05, 3.63) is 65.5 Å². The summed E-state index contributed by atoms with van der Waals surface area (Å²) >= 11 is 0. The molecular weight excluding hydrogens is 258 g/mol. The third-order valence-corrected chi connectivity index (χ3v) is 4.43. The summed E-state index contributed by atoms with van der Waals surface area (Å²) in [4.78, 5) is 6.89. The maximum atomic E-state index is 6.00. The van der Waals surface area contributed by atoms with Crippen molar-refractivity contribution in [1.29, 1.82) is 0 Å². The van der Waals surface area contributed by atoms with Gasteiger partial charge < -0.3 is 5.73 Å². The number of hydrogen-bond donors (Lipinski definition) is 1. The molecule has 1 aliphatic rings. The van der Waals surface area contributed by atoms with E-state index >= 15 is 0 Å². The van der Waals surface area contributed by atoms with E-state index in [1.54, 1.807) is 0 Å². The molecule has 3 rings (SSSR count). The summed E-state index contributed by atoms with van der Waals surface area (Å²) in [5.41, 5.74) is 9.77. The summed E-state index contributed by atoms with van der Waals surface area (Å²) in [6, 6.07) is 15.0. The molecule has 1 aromatic heterocycles. The molecule has 2 aromatic rings. The van der Waals surface area contributed by atoms with Crippen molar-refractivity contribution < 1.29 is 0 Å². The first-order valence-electron chi connectivity index (χ1n) is 7.65. The van der Waals surface area contributed by atoms with Gasteiger partial charge in [-0.25, -0.2) is 0 Å². The lowest BCUT2D eigenvalue weighted by molar-refractivity contribution is 0.316. The highest BCUT2D eigenvalue weighted by Gasteiger charge is 2.32. The fourth-order valence-electron chi connectivity index (χ4n) is 3.26. The minimum Gasteiger partial charge on any atom is -0.330 e. The maximum absolute atomic E-state index is 6.00. The number of benzene rings is 1. The van der Waals surface area contributed by atoms with Crippen LogP contribution in [0.5, 0.6) is 0 Å². The summed E-state index contributed by atoms with van der Waals surface area (Å²) in [7, 11) is 0. The van der Waals surface area contributed by atoms with E-state index in [-0.39, 0.29) is 0 Å². The normalized spacial score (nSPS) is 22.6. The number of likely N-dealkylation sites (tertiary alicyclic amines) is 1. The van der Waals surface area contributed by atoms with Crippen molar-refractivity contribution in [3.8, 4) is 0 Å². The van der Waals surface area contributed by atoms with Gasteiger partial charge in [0.15, 0.2) is 0 Å². The average Bonchev–Trinajstić information content (AvgIpc) is 2.93. The molecule has 3 nitrogen and oxygen atoms in total. The molecule has 0 amide bonds. The second kappa shape index (κ2) is 6.37. The Bertz CT molecular complexity index is 565. The molecule has 0 saturated carbocycles. The van der Waals surface area contributed by atoms with Gasteiger partial charge in [0.2, 0.25) is 0 Å². The zero-order valence-corrected chi connectivity index (χ0v) is 12.6. The molecule has 110 valence electrons. The van der Waals surface area contributed by atoms with E-state index in [2.05, 4.69) is 52.3 Å². The molecule has 2 heterocycles. The molecule has 0 unspecified atom stereocenters. The minimum absolute atomic E-state index is 0.547. The van der Waals surface area contributed by atoms with Gasteiger partial charge in [-0.1, -0.05) is 36.4 Å². The summed E-state index contributed by atoms with van der Waals surface area (Å²) in [6.07, 6.45) is 1.99. The van der Waals surface area contributed by atoms with Gasteiger partial charge in [0.1, 0.15) is 0 Å². The third-order valence-electron chi connectivity index (χ3n) is 4.43. The van der Waals surface area contributed by atoms with Gasteiger partial charge in [-0.05, 0) is 36.6 Å². The van der Waals surface area contributed by atoms with Gasteiger partial charge in [0, 0.05) is 37.4 Å². The lowest BCUT2D eigenvalue weighted by Crippen LogP contribution is -2.23. The molecular formula is C18H23N3. The quantitative estimate of drug-likeness (QED) is 0.936. The standard InChI is InChI=1S/C18H23N3/c1-14-7-8-15(10-20-14)11-21-12-17(9-19)18(13-21)16-5-3-2-4-6-16/h2-8,10,17-18H,9,11-13,19H2,1H3/t17-,18+/m1/s1. The van der Waals surface area contributed by atoms with Crippen LogP contribution in [0.1, 0.15) is 22.7 Å². The van der Waals surface area contributed by atoms with Crippen LogP contribution in [0.4, 0.5) is 0 Å². The number of nitrogens with zero attached hydrogens (tertiary/aromatic N) is 2. The van der Waals surface area contributed by atoms with Crippen LogP contribution in [0.3, 0.4) is 0 Å². The highest BCUT2D eigenvalue weighted by atomic mass is 15.2. The van der Waals surface area contributed by atoms with E-state index in [4.69, 9.17) is 5.73 Å². The predicted molar refractivity (Wildman–Crippen MR) is 86.0 cm³/mol. The largest absolute Gasteiger partial charge is 0.330 e. The molecule has 3 heteroatoms. The van der Waals surface area contributed by atoms with E-state index < -0.39 is 0 Å². The fraction of sp³-hybridized carbons (Fsp3) is 0.389. The van der Waals surface area contributed by atoms with Crippen molar-refractivity contribution in [2.75, 3.05) is 19.6 Å². The van der Waals surface area contributed by atoms with Crippen molar-refractivity contribution in [2.24, 2.45) is 11.7 Å². The van der Waals surface area contributed by atoms with E-state index in [1.165, 1.54) is 11.1 Å². The highest BCUT2D eigenvalue weighted by Crippen LogP contribution is 2.32. The SMILES string of the molecule is Cc1ccc(CN2C[C@@H](CN)[C@H](c3ccccc3)C2)cn1. The molecule has 1 aliphatic heterocycles. The lowest BCUT2D eigenvalue weighted by atomic mass is 9.89. The number of rotatable bonds is 4. The maximum Gasteiger partial charge on any atom is 0.0372 e. The van der Waals surface area contributed by atoms with Gasteiger partial charge >= 0.3 is 0 Å². The van der Waals surface area contributed by atoms with Gasteiger partial charge in [0.05, 0.1) is 0 Å². The topological polar surface area (TPSA) is 42.1 Å². The molecule has 2 N–H and O–H groups in total. The summed E-state index contributed by atoms with van der Waals surface area (Å²) in [5, 5.41) is 0. The molecule has 0 spiro atoms. The first-order chi connectivity index (χ1) is 10.3. The predicted octanol–water partition coefficient (Wildman–Crippen LogP) is 2.56. The number of nitrogens with two attached hydrogens (primary N) is 1. The number of aromatic nitrogens is 1. The molecule has 0 radical (unpaired) electrons. The Balaban J connectivity index is 1.70. The number of aryl methyl sites for hydroxylation is 1. The Hall–Kier alpha value is -1.71. The monoisotopic (exact) mass is 281 g/mol. The van der Waals surface area contributed by atoms with Crippen molar-refractivity contribution in [1.82, 2.24) is 9.88 Å². The smallest absolute Gasteiger partial charge is 0.0372 e. The van der Waals surface area contributed by atoms with Crippen LogP contribution in [-0.4, -0.2) is 29.5 Å². The lowest BCUT2D eigenvalue weighted by Gasteiger charge is -2.16. The Morgan fingerprint density at radius 2 is 1.95 bits per heavy atom. The average molecular weight is 281 g/mol. The van der Waals surface area contributed by atoms with Crippen LogP contribution < -0.4 is 5.73 Å². The third kappa shape index (κ3) is 3.31. The van der Waals surface area contributed by atoms with E-state index in [0.717, 1.165) is 31.9 Å². The van der Waals surface area contributed by atoms with E-state index in [1.807, 2.05) is 13.1 Å². The first kappa shape index (κ1) is 14.2.